The Labute approximate surface area is 112 Å². The maximum atomic E-state index is 10.6. The van der Waals surface area contributed by atoms with Gasteiger partial charge in [-0.3, -0.25) is 15.2 Å². The minimum atomic E-state index is -0.410. The van der Waals surface area contributed by atoms with Crippen LogP contribution in [0.1, 0.15) is 13.8 Å². The van der Waals surface area contributed by atoms with E-state index in [1.807, 2.05) is 0 Å². The third-order valence-electron chi connectivity index (χ3n) is 3.32. The number of hydrogen-bond acceptors (Lipinski definition) is 5. The molecular formula is C13H18N2O4. The van der Waals surface area contributed by atoms with Crippen LogP contribution in [-0.2, 0) is 9.57 Å². The second-order valence-electron chi connectivity index (χ2n) is 4.96. The van der Waals surface area contributed by atoms with Crippen LogP contribution in [0.4, 0.5) is 11.4 Å². The van der Waals surface area contributed by atoms with Crippen molar-refractivity contribution in [1.29, 1.82) is 0 Å². The van der Waals surface area contributed by atoms with Gasteiger partial charge in [0.15, 0.2) is 6.79 Å². The summed E-state index contributed by atoms with van der Waals surface area (Å²) in [5, 5.41) is 12.4. The van der Waals surface area contributed by atoms with Gasteiger partial charge in [0.1, 0.15) is 0 Å². The molecule has 0 aliphatic carbocycles. The van der Waals surface area contributed by atoms with Gasteiger partial charge in [0.2, 0.25) is 0 Å². The number of nitro benzene ring substituents is 1. The van der Waals surface area contributed by atoms with Crippen molar-refractivity contribution in [3.8, 4) is 0 Å². The maximum Gasteiger partial charge on any atom is 0.269 e. The molecule has 104 valence electrons. The first-order valence-corrected chi connectivity index (χ1v) is 6.30. The van der Waals surface area contributed by atoms with Gasteiger partial charge in [-0.05, 0) is 18.1 Å². The van der Waals surface area contributed by atoms with Crippen molar-refractivity contribution in [2.24, 2.45) is 11.8 Å². The van der Waals surface area contributed by atoms with E-state index in [0.717, 1.165) is 12.2 Å². The molecule has 0 spiro atoms. The van der Waals surface area contributed by atoms with E-state index >= 15 is 0 Å². The summed E-state index contributed by atoms with van der Waals surface area (Å²) in [5.74, 6) is 0.861. The number of nitro groups is 1. The highest BCUT2D eigenvalue weighted by molar-refractivity contribution is 5.49. The molecule has 1 aromatic rings. The first kappa shape index (κ1) is 13.8. The molecule has 0 saturated carbocycles. The van der Waals surface area contributed by atoms with E-state index in [1.165, 1.54) is 12.1 Å². The number of ether oxygens (including phenoxy) is 1. The van der Waals surface area contributed by atoms with E-state index in [0.29, 0.717) is 18.4 Å². The molecule has 1 aromatic carbocycles. The molecule has 0 aromatic heterocycles. The van der Waals surface area contributed by atoms with E-state index in [1.54, 1.807) is 17.2 Å². The SMILES string of the molecule is CC(C)C1COCON(c2ccc([N+](=O)[O-])cc2)C1. The Bertz CT molecular complexity index is 433. The zero-order valence-electron chi connectivity index (χ0n) is 11.1. The van der Waals surface area contributed by atoms with Crippen LogP contribution in [0.25, 0.3) is 0 Å². The van der Waals surface area contributed by atoms with E-state index < -0.39 is 4.92 Å². The molecule has 19 heavy (non-hydrogen) atoms. The fraction of sp³-hybridized carbons (Fsp3) is 0.538. The Morgan fingerprint density at radius 2 is 2.05 bits per heavy atom. The molecule has 6 heteroatoms. The second-order valence-corrected chi connectivity index (χ2v) is 4.96. The van der Waals surface area contributed by atoms with Crippen LogP contribution < -0.4 is 5.06 Å². The van der Waals surface area contributed by atoms with Crippen molar-refractivity contribution in [3.05, 3.63) is 34.4 Å². The van der Waals surface area contributed by atoms with Crippen molar-refractivity contribution < 1.29 is 14.5 Å². The first-order chi connectivity index (χ1) is 9.08. The lowest BCUT2D eigenvalue weighted by Crippen LogP contribution is -2.30. The van der Waals surface area contributed by atoms with Crippen LogP contribution in [0.5, 0.6) is 0 Å². The summed E-state index contributed by atoms with van der Waals surface area (Å²) in [6.07, 6.45) is 0. The lowest BCUT2D eigenvalue weighted by molar-refractivity contribution is -0.384. The fourth-order valence-corrected chi connectivity index (χ4v) is 1.94. The summed E-state index contributed by atoms with van der Waals surface area (Å²) in [4.78, 5) is 15.7. The fourth-order valence-electron chi connectivity index (χ4n) is 1.94. The first-order valence-electron chi connectivity index (χ1n) is 6.30. The van der Waals surface area contributed by atoms with Crippen LogP contribution in [0.15, 0.2) is 24.3 Å². The van der Waals surface area contributed by atoms with Gasteiger partial charge in [0, 0.05) is 18.1 Å². The quantitative estimate of drug-likeness (QED) is 0.621. The zero-order valence-corrected chi connectivity index (χ0v) is 11.1. The average Bonchev–Trinajstić information content (AvgIpc) is 2.64. The molecule has 1 heterocycles. The normalized spacial score (nSPS) is 20.4. The molecule has 0 amide bonds. The lowest BCUT2D eigenvalue weighted by atomic mass is 9.96. The predicted molar refractivity (Wildman–Crippen MR) is 70.7 cm³/mol. The van der Waals surface area contributed by atoms with Crippen LogP contribution in [0, 0.1) is 22.0 Å². The van der Waals surface area contributed by atoms with E-state index in [2.05, 4.69) is 13.8 Å². The minimum absolute atomic E-state index is 0.0789. The zero-order chi connectivity index (χ0) is 13.8. The molecule has 1 atom stereocenters. The molecule has 1 unspecified atom stereocenters. The van der Waals surface area contributed by atoms with Crippen molar-refractivity contribution in [2.75, 3.05) is 25.0 Å². The van der Waals surface area contributed by atoms with Gasteiger partial charge in [-0.1, -0.05) is 13.8 Å². The number of non-ortho nitro benzene ring substituents is 1. The highest BCUT2D eigenvalue weighted by Gasteiger charge is 2.22. The molecule has 1 saturated heterocycles. The summed E-state index contributed by atoms with van der Waals surface area (Å²) >= 11 is 0. The summed E-state index contributed by atoms with van der Waals surface area (Å²) < 4.78 is 5.41. The monoisotopic (exact) mass is 266 g/mol. The predicted octanol–water partition coefficient (Wildman–Crippen LogP) is 2.59. The third-order valence-corrected chi connectivity index (χ3v) is 3.32. The van der Waals surface area contributed by atoms with Crippen LogP contribution in [0.3, 0.4) is 0 Å². The molecular weight excluding hydrogens is 248 g/mol. The Hall–Kier alpha value is -1.66. The average molecular weight is 266 g/mol. The summed E-state index contributed by atoms with van der Waals surface area (Å²) in [6, 6.07) is 6.35. The highest BCUT2D eigenvalue weighted by Crippen LogP contribution is 2.24. The summed E-state index contributed by atoms with van der Waals surface area (Å²) in [7, 11) is 0. The number of hydrogen-bond donors (Lipinski definition) is 0. The number of anilines is 1. The molecule has 0 bridgehead atoms. The van der Waals surface area contributed by atoms with Crippen LogP contribution >= 0.6 is 0 Å². The van der Waals surface area contributed by atoms with Gasteiger partial charge in [-0.2, -0.15) is 0 Å². The molecule has 6 nitrogen and oxygen atoms in total. The summed E-state index contributed by atoms with van der Waals surface area (Å²) in [5.41, 5.74) is 0.886. The van der Waals surface area contributed by atoms with Crippen LogP contribution in [-0.4, -0.2) is 24.9 Å². The van der Waals surface area contributed by atoms with E-state index in [4.69, 9.17) is 9.57 Å². The van der Waals surface area contributed by atoms with Gasteiger partial charge < -0.3 is 4.74 Å². The van der Waals surface area contributed by atoms with Gasteiger partial charge in [0.25, 0.3) is 5.69 Å². The van der Waals surface area contributed by atoms with E-state index in [-0.39, 0.29) is 12.5 Å². The van der Waals surface area contributed by atoms with Gasteiger partial charge >= 0.3 is 0 Å². The van der Waals surface area contributed by atoms with Crippen molar-refractivity contribution in [2.45, 2.75) is 13.8 Å². The smallest absolute Gasteiger partial charge is 0.269 e. The van der Waals surface area contributed by atoms with Crippen molar-refractivity contribution in [3.63, 3.8) is 0 Å². The van der Waals surface area contributed by atoms with Gasteiger partial charge in [-0.25, -0.2) is 4.84 Å². The Kier molecular flexibility index (Phi) is 4.34. The summed E-state index contributed by atoms with van der Waals surface area (Å²) in [6.45, 7) is 5.89. The van der Waals surface area contributed by atoms with Crippen molar-refractivity contribution in [1.82, 2.24) is 0 Å². The number of nitrogens with zero attached hydrogens (tertiary/aromatic N) is 2. The Balaban J connectivity index is 2.12. The number of hydroxylamine groups is 1. The van der Waals surface area contributed by atoms with Crippen LogP contribution in [0.2, 0.25) is 0 Å². The number of benzene rings is 1. The Morgan fingerprint density at radius 1 is 1.37 bits per heavy atom. The third kappa shape index (κ3) is 3.42. The lowest BCUT2D eigenvalue weighted by Gasteiger charge is -2.25. The standard InChI is InChI=1S/C13H18N2O4/c1-10(2)11-7-14(19-9-18-8-11)12-3-5-13(6-4-12)15(16)17/h3-6,10-11H,7-9H2,1-2H3. The van der Waals surface area contributed by atoms with Gasteiger partial charge in [-0.15, -0.1) is 0 Å². The maximum absolute atomic E-state index is 10.6. The second kappa shape index (κ2) is 5.99. The molecule has 1 fully saturated rings. The topological polar surface area (TPSA) is 64.8 Å². The molecule has 0 radical (unpaired) electrons. The Morgan fingerprint density at radius 3 is 2.63 bits per heavy atom. The van der Waals surface area contributed by atoms with Crippen molar-refractivity contribution >= 4 is 11.4 Å². The number of rotatable bonds is 3. The largest absolute Gasteiger partial charge is 0.352 e. The molecule has 0 N–H and O–H groups in total. The molecule has 1 aliphatic rings. The minimum Gasteiger partial charge on any atom is -0.352 e. The molecule has 2 rings (SSSR count). The van der Waals surface area contributed by atoms with Gasteiger partial charge in [0.05, 0.1) is 23.8 Å². The van der Waals surface area contributed by atoms with E-state index in [9.17, 15) is 10.1 Å². The molecule has 1 aliphatic heterocycles. The highest BCUT2D eigenvalue weighted by atomic mass is 16.8.